The van der Waals surface area contributed by atoms with Crippen LogP contribution in [0.2, 0.25) is 0 Å². The summed E-state index contributed by atoms with van der Waals surface area (Å²) < 4.78 is 36.8. The number of hydrogen-bond acceptors (Lipinski definition) is 0. The molecule has 1 rings (SSSR count). The first-order valence-corrected chi connectivity index (χ1v) is 4.59. The smallest absolute Gasteiger partial charge is 0.166 e. The molecule has 0 saturated heterocycles. The number of benzene rings is 1. The van der Waals surface area contributed by atoms with Crippen LogP contribution in [0.4, 0.5) is 13.2 Å². The lowest BCUT2D eigenvalue weighted by Crippen LogP contribution is -2.13. The van der Waals surface area contributed by atoms with Gasteiger partial charge in [0.1, 0.15) is 0 Å². The second-order valence-corrected chi connectivity index (χ2v) is 4.00. The number of alkyl halides is 3. The van der Waals surface area contributed by atoms with E-state index in [2.05, 4.69) is 6.58 Å². The molecule has 0 aromatic heterocycles. The van der Waals surface area contributed by atoms with Gasteiger partial charge in [0.05, 0.1) is 5.56 Å². The van der Waals surface area contributed by atoms with Crippen LogP contribution in [0.1, 0.15) is 25.0 Å². The monoisotopic (exact) mass is 214 g/mol. The van der Waals surface area contributed by atoms with Crippen molar-refractivity contribution in [3.63, 3.8) is 0 Å². The molecule has 1 aromatic carbocycles. The van der Waals surface area contributed by atoms with Crippen molar-refractivity contribution in [1.82, 2.24) is 0 Å². The van der Waals surface area contributed by atoms with E-state index < -0.39 is 11.7 Å². The van der Waals surface area contributed by atoms with Crippen molar-refractivity contribution in [3.8, 4) is 0 Å². The lowest BCUT2D eigenvalue weighted by Gasteiger charge is -2.20. The molecule has 0 amide bonds. The molecule has 1 aromatic rings. The first-order valence-electron chi connectivity index (χ1n) is 4.59. The Morgan fingerprint density at radius 1 is 1.00 bits per heavy atom. The summed E-state index contributed by atoms with van der Waals surface area (Å²) in [6, 6.07) is 5.18. The van der Waals surface area contributed by atoms with Crippen LogP contribution in [0.15, 0.2) is 36.9 Å². The van der Waals surface area contributed by atoms with Crippen molar-refractivity contribution in [3.05, 3.63) is 48.0 Å². The van der Waals surface area contributed by atoms with Gasteiger partial charge in [-0.15, -0.1) is 6.58 Å². The Labute approximate surface area is 87.4 Å². The van der Waals surface area contributed by atoms with Gasteiger partial charge in [-0.3, -0.25) is 0 Å². The molecular weight excluding hydrogens is 201 g/mol. The summed E-state index contributed by atoms with van der Waals surface area (Å²) >= 11 is 0. The largest absolute Gasteiger partial charge is 0.416 e. The molecule has 0 heterocycles. The van der Waals surface area contributed by atoms with E-state index in [0.29, 0.717) is 0 Å². The number of allylic oxidation sites excluding steroid dienone is 1. The van der Waals surface area contributed by atoms with Gasteiger partial charge in [0, 0.05) is 5.41 Å². The predicted octanol–water partition coefficient (Wildman–Crippen LogP) is 4.17. The highest BCUT2D eigenvalue weighted by Crippen LogP contribution is 2.31. The molecule has 0 saturated carbocycles. The molecule has 0 spiro atoms. The lowest BCUT2D eigenvalue weighted by atomic mass is 9.84. The van der Waals surface area contributed by atoms with Gasteiger partial charge in [0.15, 0.2) is 0 Å². The molecule has 0 nitrogen and oxygen atoms in total. The van der Waals surface area contributed by atoms with Crippen molar-refractivity contribution in [2.24, 2.45) is 0 Å². The summed E-state index contributed by atoms with van der Waals surface area (Å²) in [5.41, 5.74) is -0.0963. The van der Waals surface area contributed by atoms with E-state index in [9.17, 15) is 13.2 Å². The minimum absolute atomic E-state index is 0.301. The highest BCUT2D eigenvalue weighted by Gasteiger charge is 2.30. The van der Waals surface area contributed by atoms with Crippen LogP contribution in [0.5, 0.6) is 0 Å². The van der Waals surface area contributed by atoms with Crippen molar-refractivity contribution in [2.75, 3.05) is 0 Å². The normalized spacial score (nSPS) is 12.6. The highest BCUT2D eigenvalue weighted by molar-refractivity contribution is 5.32. The van der Waals surface area contributed by atoms with Crippen LogP contribution in [-0.2, 0) is 11.6 Å². The first kappa shape index (κ1) is 11.8. The Kier molecular flexibility index (Phi) is 2.93. The fourth-order valence-corrected chi connectivity index (χ4v) is 1.21. The molecule has 0 aliphatic carbocycles. The molecule has 0 radical (unpaired) electrons. The van der Waals surface area contributed by atoms with Crippen LogP contribution in [0.25, 0.3) is 0 Å². The summed E-state index contributed by atoms with van der Waals surface area (Å²) in [7, 11) is 0. The van der Waals surface area contributed by atoms with E-state index in [1.165, 1.54) is 12.1 Å². The van der Waals surface area contributed by atoms with Crippen molar-refractivity contribution >= 4 is 0 Å². The molecule has 0 fully saturated rings. The van der Waals surface area contributed by atoms with Crippen LogP contribution < -0.4 is 0 Å². The Morgan fingerprint density at radius 3 is 1.73 bits per heavy atom. The average Bonchev–Trinajstić information content (AvgIpc) is 2.17. The van der Waals surface area contributed by atoms with Crippen LogP contribution in [0.3, 0.4) is 0 Å². The maximum Gasteiger partial charge on any atom is 0.416 e. The third-order valence-corrected chi connectivity index (χ3v) is 2.47. The van der Waals surface area contributed by atoms with Gasteiger partial charge < -0.3 is 0 Å². The summed E-state index contributed by atoms with van der Waals surface area (Å²) in [5.74, 6) is 0. The van der Waals surface area contributed by atoms with Gasteiger partial charge >= 0.3 is 6.18 Å². The maximum atomic E-state index is 12.3. The van der Waals surface area contributed by atoms with Gasteiger partial charge in [-0.05, 0) is 17.7 Å². The van der Waals surface area contributed by atoms with E-state index in [0.717, 1.165) is 17.7 Å². The summed E-state index contributed by atoms with van der Waals surface area (Å²) in [6.45, 7) is 7.47. The fraction of sp³-hybridized carbons (Fsp3) is 0.333. The standard InChI is InChI=1S/C12H13F3/c1-4-11(2,3)9-5-7-10(8-6-9)12(13,14)15/h4-8H,1H2,2-3H3. The third kappa shape index (κ3) is 2.61. The Morgan fingerprint density at radius 2 is 1.40 bits per heavy atom. The zero-order valence-corrected chi connectivity index (χ0v) is 8.73. The van der Waals surface area contributed by atoms with Gasteiger partial charge in [-0.25, -0.2) is 0 Å². The Balaban J connectivity index is 3.06. The Bertz CT molecular complexity index is 344. The van der Waals surface area contributed by atoms with E-state index in [1.54, 1.807) is 6.08 Å². The molecule has 0 unspecified atom stereocenters. The third-order valence-electron chi connectivity index (χ3n) is 2.47. The van der Waals surface area contributed by atoms with Gasteiger partial charge in [-0.2, -0.15) is 13.2 Å². The summed E-state index contributed by atoms with van der Waals surface area (Å²) in [4.78, 5) is 0. The van der Waals surface area contributed by atoms with E-state index in [1.807, 2.05) is 13.8 Å². The van der Waals surface area contributed by atoms with E-state index in [-0.39, 0.29) is 5.41 Å². The molecule has 3 heteroatoms. The predicted molar refractivity (Wildman–Crippen MR) is 54.7 cm³/mol. The van der Waals surface area contributed by atoms with Crippen molar-refractivity contribution < 1.29 is 13.2 Å². The second kappa shape index (κ2) is 3.72. The van der Waals surface area contributed by atoms with Gasteiger partial charge in [0.2, 0.25) is 0 Å². The number of rotatable bonds is 2. The van der Waals surface area contributed by atoms with Gasteiger partial charge in [-0.1, -0.05) is 32.1 Å². The summed E-state index contributed by atoms with van der Waals surface area (Å²) in [6.07, 6.45) is -2.55. The zero-order valence-electron chi connectivity index (χ0n) is 8.73. The topological polar surface area (TPSA) is 0 Å². The minimum atomic E-state index is -4.27. The van der Waals surface area contributed by atoms with Crippen molar-refractivity contribution in [2.45, 2.75) is 25.4 Å². The molecule has 0 atom stereocenters. The molecule has 82 valence electrons. The average molecular weight is 214 g/mol. The minimum Gasteiger partial charge on any atom is -0.166 e. The Hall–Kier alpha value is -1.25. The van der Waals surface area contributed by atoms with Crippen LogP contribution in [-0.4, -0.2) is 0 Å². The summed E-state index contributed by atoms with van der Waals surface area (Å²) in [5, 5.41) is 0. The quantitative estimate of drug-likeness (QED) is 0.648. The zero-order chi connectivity index (χ0) is 11.7. The molecule has 0 aliphatic heterocycles. The van der Waals surface area contributed by atoms with E-state index in [4.69, 9.17) is 0 Å². The first-order chi connectivity index (χ1) is 6.77. The number of halogens is 3. The molecule has 0 aliphatic rings. The fourth-order valence-electron chi connectivity index (χ4n) is 1.21. The molecule has 0 N–H and O–H groups in total. The molecular formula is C12H13F3. The molecule has 15 heavy (non-hydrogen) atoms. The molecule has 0 bridgehead atoms. The van der Waals surface area contributed by atoms with Crippen LogP contribution in [0, 0.1) is 0 Å². The SMILES string of the molecule is C=CC(C)(C)c1ccc(C(F)(F)F)cc1. The number of hydrogen-bond donors (Lipinski definition) is 0. The van der Waals surface area contributed by atoms with Crippen LogP contribution >= 0.6 is 0 Å². The maximum absolute atomic E-state index is 12.3. The van der Waals surface area contributed by atoms with Crippen molar-refractivity contribution in [1.29, 1.82) is 0 Å². The lowest BCUT2D eigenvalue weighted by molar-refractivity contribution is -0.137. The van der Waals surface area contributed by atoms with Gasteiger partial charge in [0.25, 0.3) is 0 Å². The van der Waals surface area contributed by atoms with E-state index >= 15 is 0 Å². The highest BCUT2D eigenvalue weighted by atomic mass is 19.4. The second-order valence-electron chi connectivity index (χ2n) is 4.00.